The zero-order chi connectivity index (χ0) is 14.7. The smallest absolute Gasteiger partial charge is 0.220 e. The summed E-state index contributed by atoms with van der Waals surface area (Å²) in [6, 6.07) is 1.38. The molecule has 3 aliphatic rings. The maximum absolute atomic E-state index is 12.1. The molecule has 0 aromatic carbocycles. The number of hydrogen-bond donors (Lipinski definition) is 2. The monoisotopic (exact) mass is 293 g/mol. The van der Waals surface area contributed by atoms with Gasteiger partial charge in [-0.25, -0.2) is 0 Å². The highest BCUT2D eigenvalue weighted by molar-refractivity contribution is 5.76. The number of nitrogens with one attached hydrogen (secondary N) is 2. The second kappa shape index (κ2) is 7.10. The van der Waals surface area contributed by atoms with E-state index in [9.17, 15) is 4.79 Å². The number of amides is 1. The predicted molar refractivity (Wildman–Crippen MR) is 85.1 cm³/mol. The highest BCUT2D eigenvalue weighted by Gasteiger charge is 2.34. The summed E-state index contributed by atoms with van der Waals surface area (Å²) in [4.78, 5) is 14.6. The lowest BCUT2D eigenvalue weighted by Gasteiger charge is -2.30. The van der Waals surface area contributed by atoms with E-state index in [0.717, 1.165) is 25.4 Å². The summed E-state index contributed by atoms with van der Waals surface area (Å²) in [5, 5.41) is 6.78. The predicted octanol–water partition coefficient (Wildman–Crippen LogP) is 1.76. The van der Waals surface area contributed by atoms with Crippen LogP contribution in [0.25, 0.3) is 0 Å². The fourth-order valence-electron chi connectivity index (χ4n) is 4.32. The van der Waals surface area contributed by atoms with Crippen molar-refractivity contribution in [3.05, 3.63) is 0 Å². The van der Waals surface area contributed by atoms with Crippen molar-refractivity contribution in [2.45, 2.75) is 64.0 Å². The molecule has 2 N–H and O–H groups in total. The van der Waals surface area contributed by atoms with Gasteiger partial charge in [0.05, 0.1) is 0 Å². The highest BCUT2D eigenvalue weighted by Crippen LogP contribution is 2.32. The molecule has 21 heavy (non-hydrogen) atoms. The number of hydrogen-bond acceptors (Lipinski definition) is 3. The minimum Gasteiger partial charge on any atom is -0.355 e. The van der Waals surface area contributed by atoms with Crippen molar-refractivity contribution >= 4 is 5.91 Å². The first-order valence-electron chi connectivity index (χ1n) is 8.94. The molecule has 0 aliphatic carbocycles. The van der Waals surface area contributed by atoms with E-state index in [1.54, 1.807) is 0 Å². The molecule has 2 atom stereocenters. The fourth-order valence-corrected chi connectivity index (χ4v) is 4.32. The average Bonchev–Trinajstić information content (AvgIpc) is 2.80. The Hall–Kier alpha value is -0.610. The minimum absolute atomic E-state index is 0.270. The van der Waals surface area contributed by atoms with Gasteiger partial charge in [-0.15, -0.1) is 0 Å². The van der Waals surface area contributed by atoms with Crippen LogP contribution in [0, 0.1) is 11.8 Å². The van der Waals surface area contributed by atoms with Crippen LogP contribution in [0.4, 0.5) is 0 Å². The molecule has 3 saturated heterocycles. The maximum atomic E-state index is 12.1. The zero-order valence-corrected chi connectivity index (χ0v) is 13.4. The molecule has 0 aromatic rings. The van der Waals surface area contributed by atoms with E-state index in [-0.39, 0.29) is 5.91 Å². The summed E-state index contributed by atoms with van der Waals surface area (Å²) >= 11 is 0. The van der Waals surface area contributed by atoms with Crippen LogP contribution in [0.1, 0.15) is 51.9 Å². The van der Waals surface area contributed by atoms with Crippen molar-refractivity contribution in [1.82, 2.24) is 15.5 Å². The van der Waals surface area contributed by atoms with Crippen LogP contribution in [0.2, 0.25) is 0 Å². The van der Waals surface area contributed by atoms with Crippen LogP contribution in [0.15, 0.2) is 0 Å². The third-order valence-electron chi connectivity index (χ3n) is 5.67. The second-order valence-electron chi connectivity index (χ2n) is 7.55. The van der Waals surface area contributed by atoms with Gasteiger partial charge < -0.3 is 15.5 Å². The molecule has 3 fully saturated rings. The Labute approximate surface area is 129 Å². The molecule has 2 unspecified atom stereocenters. The first-order valence-corrected chi connectivity index (χ1v) is 8.94. The zero-order valence-electron chi connectivity index (χ0n) is 13.4. The minimum atomic E-state index is 0.270. The van der Waals surface area contributed by atoms with Gasteiger partial charge in [0.25, 0.3) is 0 Å². The summed E-state index contributed by atoms with van der Waals surface area (Å²) in [7, 11) is 0. The summed E-state index contributed by atoms with van der Waals surface area (Å²) in [5.74, 6) is 1.76. The van der Waals surface area contributed by atoms with Gasteiger partial charge in [-0.1, -0.05) is 6.92 Å². The fraction of sp³-hybridized carbons (Fsp3) is 0.941. The SMILES string of the molecule is CC1CCN(CCNC(=O)CC2CC3CCC(C2)N3)CC1. The molecule has 4 heteroatoms. The van der Waals surface area contributed by atoms with Crippen LogP contribution in [-0.4, -0.2) is 49.1 Å². The van der Waals surface area contributed by atoms with Gasteiger partial charge in [-0.2, -0.15) is 0 Å². The van der Waals surface area contributed by atoms with Gasteiger partial charge in [0.2, 0.25) is 5.91 Å². The molecule has 120 valence electrons. The van der Waals surface area contributed by atoms with E-state index in [1.165, 1.54) is 51.6 Å². The lowest BCUT2D eigenvalue weighted by Crippen LogP contribution is -2.41. The number of fused-ring (bicyclic) bond motifs is 2. The number of rotatable bonds is 5. The number of nitrogens with zero attached hydrogens (tertiary/aromatic N) is 1. The van der Waals surface area contributed by atoms with Crippen LogP contribution in [0.5, 0.6) is 0 Å². The Kier molecular flexibility index (Phi) is 5.17. The number of carbonyl (C=O) groups is 1. The van der Waals surface area contributed by atoms with Crippen molar-refractivity contribution in [3.8, 4) is 0 Å². The molecule has 4 nitrogen and oxygen atoms in total. The molecule has 2 bridgehead atoms. The standard InChI is InChI=1S/C17H31N3O/c1-13-4-7-20(8-5-13)9-6-18-17(21)12-14-10-15-2-3-16(11-14)19-15/h13-16,19H,2-12H2,1H3,(H,18,21). The topological polar surface area (TPSA) is 44.4 Å². The molecule has 3 heterocycles. The van der Waals surface area contributed by atoms with Crippen molar-refractivity contribution in [3.63, 3.8) is 0 Å². The largest absolute Gasteiger partial charge is 0.355 e. The Morgan fingerprint density at radius 1 is 1.14 bits per heavy atom. The highest BCUT2D eigenvalue weighted by atomic mass is 16.1. The average molecular weight is 293 g/mol. The molecule has 1 amide bonds. The van der Waals surface area contributed by atoms with E-state index in [1.807, 2.05) is 0 Å². The molecular formula is C17H31N3O. The van der Waals surface area contributed by atoms with Gasteiger partial charge in [0, 0.05) is 31.6 Å². The Morgan fingerprint density at radius 2 is 1.81 bits per heavy atom. The van der Waals surface area contributed by atoms with E-state index in [4.69, 9.17) is 0 Å². The number of carbonyl (C=O) groups excluding carboxylic acids is 1. The van der Waals surface area contributed by atoms with E-state index in [2.05, 4.69) is 22.5 Å². The Balaban J connectivity index is 1.30. The van der Waals surface area contributed by atoms with Crippen molar-refractivity contribution in [2.75, 3.05) is 26.2 Å². The normalized spacial score (nSPS) is 34.0. The second-order valence-corrected chi connectivity index (χ2v) is 7.55. The van der Waals surface area contributed by atoms with Crippen molar-refractivity contribution < 1.29 is 4.79 Å². The van der Waals surface area contributed by atoms with Gasteiger partial charge >= 0.3 is 0 Å². The molecule has 0 radical (unpaired) electrons. The molecule has 0 spiro atoms. The van der Waals surface area contributed by atoms with Gasteiger partial charge in [-0.3, -0.25) is 4.79 Å². The Bertz CT molecular complexity index is 340. The van der Waals surface area contributed by atoms with Crippen LogP contribution >= 0.6 is 0 Å². The summed E-state index contributed by atoms with van der Waals surface area (Å²) in [6.45, 7) is 6.59. The summed E-state index contributed by atoms with van der Waals surface area (Å²) in [5.41, 5.74) is 0. The molecule has 0 aromatic heterocycles. The van der Waals surface area contributed by atoms with E-state index < -0.39 is 0 Å². The van der Waals surface area contributed by atoms with Gasteiger partial charge in [0.1, 0.15) is 0 Å². The third kappa shape index (κ3) is 4.43. The van der Waals surface area contributed by atoms with E-state index >= 15 is 0 Å². The first kappa shape index (κ1) is 15.3. The van der Waals surface area contributed by atoms with Crippen LogP contribution < -0.4 is 10.6 Å². The molecule has 3 rings (SSSR count). The third-order valence-corrected chi connectivity index (χ3v) is 5.67. The van der Waals surface area contributed by atoms with Crippen LogP contribution in [-0.2, 0) is 4.79 Å². The number of likely N-dealkylation sites (tertiary alicyclic amines) is 1. The molecule has 3 aliphatic heterocycles. The lowest BCUT2D eigenvalue weighted by atomic mass is 9.89. The summed E-state index contributed by atoms with van der Waals surface area (Å²) in [6.07, 6.45) is 8.40. The lowest BCUT2D eigenvalue weighted by molar-refractivity contribution is -0.122. The molecule has 0 saturated carbocycles. The van der Waals surface area contributed by atoms with Crippen molar-refractivity contribution in [1.29, 1.82) is 0 Å². The Morgan fingerprint density at radius 3 is 2.48 bits per heavy atom. The molecular weight excluding hydrogens is 262 g/mol. The van der Waals surface area contributed by atoms with E-state index in [0.29, 0.717) is 18.0 Å². The van der Waals surface area contributed by atoms with Crippen molar-refractivity contribution in [2.24, 2.45) is 11.8 Å². The van der Waals surface area contributed by atoms with Gasteiger partial charge in [0.15, 0.2) is 0 Å². The first-order chi connectivity index (χ1) is 10.2. The summed E-state index contributed by atoms with van der Waals surface area (Å²) < 4.78 is 0. The quantitative estimate of drug-likeness (QED) is 0.812. The number of piperidine rings is 2. The maximum Gasteiger partial charge on any atom is 0.220 e. The van der Waals surface area contributed by atoms with Crippen LogP contribution in [0.3, 0.4) is 0 Å². The van der Waals surface area contributed by atoms with Gasteiger partial charge in [-0.05, 0) is 63.5 Å².